The summed E-state index contributed by atoms with van der Waals surface area (Å²) in [6.45, 7) is 4.15. The minimum absolute atomic E-state index is 0.141. The minimum Gasteiger partial charge on any atom is -0.481 e. The Balaban J connectivity index is 1.50. The van der Waals surface area contributed by atoms with E-state index in [1.165, 1.54) is 6.33 Å². The lowest BCUT2D eigenvalue weighted by Gasteiger charge is -2.29. The molecule has 0 amide bonds. The molecule has 4 heterocycles. The Kier molecular flexibility index (Phi) is 5.45. The maximum absolute atomic E-state index is 10.6. The highest BCUT2D eigenvalue weighted by atomic mass is 32.2. The number of carboxylic acid groups (broad SMARTS) is 1. The molecule has 29 heavy (non-hydrogen) atoms. The van der Waals surface area contributed by atoms with Gasteiger partial charge in [0.05, 0.1) is 18.1 Å². The van der Waals surface area contributed by atoms with Crippen LogP contribution in [0.4, 0.5) is 5.82 Å². The monoisotopic (exact) mass is 422 g/mol. The van der Waals surface area contributed by atoms with E-state index in [0.29, 0.717) is 24.5 Å². The van der Waals surface area contributed by atoms with E-state index in [-0.39, 0.29) is 18.6 Å². The zero-order chi connectivity index (χ0) is 20.6. The van der Waals surface area contributed by atoms with E-state index in [1.807, 2.05) is 30.7 Å². The van der Waals surface area contributed by atoms with E-state index in [2.05, 4.69) is 9.97 Å². The number of aromatic nitrogens is 3. The van der Waals surface area contributed by atoms with Crippen molar-refractivity contribution in [3.8, 4) is 0 Å². The molecule has 0 aromatic carbocycles. The molecule has 2 fully saturated rings. The van der Waals surface area contributed by atoms with Crippen LogP contribution in [0.15, 0.2) is 18.6 Å². The summed E-state index contributed by atoms with van der Waals surface area (Å²) in [5.41, 5.74) is 5.87. The van der Waals surface area contributed by atoms with Crippen molar-refractivity contribution < 1.29 is 24.1 Å². The molecule has 9 nitrogen and oxygen atoms in total. The van der Waals surface area contributed by atoms with Gasteiger partial charge in [-0.3, -0.25) is 9.36 Å². The van der Waals surface area contributed by atoms with Crippen LogP contribution in [0.3, 0.4) is 0 Å². The number of nitrogens with zero attached hydrogens (tertiary/aromatic N) is 3. The van der Waals surface area contributed by atoms with Crippen molar-refractivity contribution in [3.05, 3.63) is 18.6 Å². The van der Waals surface area contributed by atoms with E-state index in [0.717, 1.165) is 23.3 Å². The molecule has 0 bridgehead atoms. The lowest BCUT2D eigenvalue weighted by atomic mass is 10.1. The second kappa shape index (κ2) is 7.75. The van der Waals surface area contributed by atoms with Gasteiger partial charge in [0.2, 0.25) is 5.72 Å². The van der Waals surface area contributed by atoms with E-state index in [1.54, 1.807) is 11.8 Å². The Bertz CT molecular complexity index is 904. The Labute approximate surface area is 172 Å². The summed E-state index contributed by atoms with van der Waals surface area (Å²) in [6, 6.07) is 1.88. The second-order valence-corrected chi connectivity index (χ2v) is 8.99. The lowest BCUT2D eigenvalue weighted by Crippen LogP contribution is -2.44. The normalized spacial score (nSPS) is 28.1. The number of anilines is 1. The van der Waals surface area contributed by atoms with Gasteiger partial charge in [0.1, 0.15) is 23.9 Å². The molecule has 0 spiro atoms. The van der Waals surface area contributed by atoms with Crippen molar-refractivity contribution in [3.63, 3.8) is 0 Å². The fraction of sp³-hybridized carbons (Fsp3) is 0.632. The number of fused-ring (bicyclic) bond motifs is 2. The highest BCUT2D eigenvalue weighted by molar-refractivity contribution is 7.99. The van der Waals surface area contributed by atoms with Crippen LogP contribution in [0.1, 0.15) is 33.1 Å². The van der Waals surface area contributed by atoms with Crippen LogP contribution in [0.2, 0.25) is 0 Å². The Hall–Kier alpha value is -1.88. The van der Waals surface area contributed by atoms with Crippen LogP contribution in [0, 0.1) is 0 Å². The molecule has 0 radical (unpaired) electrons. The highest BCUT2D eigenvalue weighted by Crippen LogP contribution is 2.48. The summed E-state index contributed by atoms with van der Waals surface area (Å²) in [4.78, 5) is 19.1. The number of nitrogens with two attached hydrogens (primary N) is 1. The van der Waals surface area contributed by atoms with Crippen LogP contribution < -0.4 is 5.73 Å². The first-order valence-electron chi connectivity index (χ1n) is 9.69. The highest BCUT2D eigenvalue weighted by Gasteiger charge is 2.62. The Morgan fingerprint density at radius 2 is 2.24 bits per heavy atom. The van der Waals surface area contributed by atoms with Gasteiger partial charge in [0, 0.05) is 18.4 Å². The summed E-state index contributed by atoms with van der Waals surface area (Å²) < 4.78 is 20.7. The van der Waals surface area contributed by atoms with Crippen LogP contribution in [0.25, 0.3) is 11.0 Å². The van der Waals surface area contributed by atoms with Crippen molar-refractivity contribution in [1.82, 2.24) is 14.5 Å². The van der Waals surface area contributed by atoms with Crippen molar-refractivity contribution in [2.75, 3.05) is 23.8 Å². The first-order valence-corrected chi connectivity index (χ1v) is 10.8. The quantitative estimate of drug-likeness (QED) is 0.616. The largest absolute Gasteiger partial charge is 0.481 e. The van der Waals surface area contributed by atoms with Crippen molar-refractivity contribution >= 4 is 34.6 Å². The zero-order valence-corrected chi connectivity index (χ0v) is 17.4. The van der Waals surface area contributed by atoms with Crippen LogP contribution in [-0.4, -0.2) is 61.7 Å². The van der Waals surface area contributed by atoms with Gasteiger partial charge in [-0.2, -0.15) is 11.8 Å². The number of carboxylic acids is 1. The van der Waals surface area contributed by atoms with E-state index >= 15 is 0 Å². The summed E-state index contributed by atoms with van der Waals surface area (Å²) in [5.74, 6) is 0.546. The third-order valence-corrected chi connectivity index (χ3v) is 6.39. The van der Waals surface area contributed by atoms with Gasteiger partial charge < -0.3 is 25.1 Å². The molecule has 158 valence electrons. The molecule has 2 aliphatic heterocycles. The predicted octanol–water partition coefficient (Wildman–Crippen LogP) is 2.20. The number of aliphatic carboxylic acids is 1. The third-order valence-electron chi connectivity index (χ3n) is 5.25. The maximum Gasteiger partial charge on any atom is 0.303 e. The number of nitrogen functional groups attached to an aromatic ring is 1. The molecular weight excluding hydrogens is 396 g/mol. The number of unbranched alkanes of at least 4 members (excludes halogenated alkanes) is 1. The summed E-state index contributed by atoms with van der Waals surface area (Å²) in [6.07, 6.45) is 4.67. The maximum atomic E-state index is 10.6. The molecule has 2 saturated heterocycles. The minimum atomic E-state index is -0.819. The predicted molar refractivity (Wildman–Crippen MR) is 109 cm³/mol. The van der Waals surface area contributed by atoms with Crippen LogP contribution in [-0.2, 0) is 24.7 Å². The lowest BCUT2D eigenvalue weighted by molar-refractivity contribution is -0.203. The third kappa shape index (κ3) is 3.81. The number of carbonyl (C=O) groups is 1. The molecule has 2 aromatic rings. The van der Waals surface area contributed by atoms with E-state index in [4.69, 9.17) is 25.1 Å². The first kappa shape index (κ1) is 20.4. The summed E-state index contributed by atoms with van der Waals surface area (Å²) in [7, 11) is 0. The standard InChI is InChI=1S/C19H26N4O5S/c1-18(2)27-15-13(9-29-8-4-3-5-14(24)25)26-10-19(15,28-18)23-7-6-12-16(20)21-11-22-17(12)23/h6-7,11,13,15H,3-5,8-10H2,1-2H3,(H,24,25)(H2,20,21,22). The van der Waals surface area contributed by atoms with Crippen molar-refractivity contribution in [1.29, 1.82) is 0 Å². The zero-order valence-electron chi connectivity index (χ0n) is 16.5. The number of thioether (sulfide) groups is 1. The number of hydrogen-bond donors (Lipinski definition) is 2. The van der Waals surface area contributed by atoms with Crippen molar-refractivity contribution in [2.45, 2.75) is 56.8 Å². The fourth-order valence-corrected chi connectivity index (χ4v) is 5.12. The van der Waals surface area contributed by atoms with Gasteiger partial charge in [-0.15, -0.1) is 0 Å². The number of ether oxygens (including phenoxy) is 3. The van der Waals surface area contributed by atoms with E-state index < -0.39 is 17.5 Å². The summed E-state index contributed by atoms with van der Waals surface area (Å²) in [5, 5.41) is 9.50. The van der Waals surface area contributed by atoms with Gasteiger partial charge in [-0.05, 0) is 38.5 Å². The molecule has 0 aliphatic carbocycles. The molecule has 4 rings (SSSR count). The molecule has 10 heteroatoms. The van der Waals surface area contributed by atoms with Gasteiger partial charge >= 0.3 is 5.97 Å². The molecule has 3 atom stereocenters. The topological polar surface area (TPSA) is 122 Å². The molecule has 0 saturated carbocycles. The Morgan fingerprint density at radius 1 is 1.41 bits per heavy atom. The van der Waals surface area contributed by atoms with Gasteiger partial charge in [-0.1, -0.05) is 0 Å². The number of hydrogen-bond acceptors (Lipinski definition) is 8. The summed E-state index contributed by atoms with van der Waals surface area (Å²) >= 11 is 1.74. The smallest absolute Gasteiger partial charge is 0.303 e. The SMILES string of the molecule is CC1(C)OC2C(CSCCCCC(=O)O)OCC2(n2ccc3c(N)ncnc32)O1. The molecule has 3 unspecified atom stereocenters. The van der Waals surface area contributed by atoms with Crippen LogP contribution in [0.5, 0.6) is 0 Å². The van der Waals surface area contributed by atoms with Gasteiger partial charge in [-0.25, -0.2) is 9.97 Å². The number of rotatable bonds is 8. The van der Waals surface area contributed by atoms with Gasteiger partial charge in [0.25, 0.3) is 0 Å². The van der Waals surface area contributed by atoms with Crippen molar-refractivity contribution in [2.24, 2.45) is 0 Å². The van der Waals surface area contributed by atoms with E-state index in [9.17, 15) is 4.79 Å². The first-order chi connectivity index (χ1) is 13.8. The van der Waals surface area contributed by atoms with Crippen LogP contribution >= 0.6 is 11.8 Å². The fourth-order valence-electron chi connectivity index (χ4n) is 4.04. The molecule has 2 aromatic heterocycles. The average Bonchev–Trinajstić information content (AvgIpc) is 3.29. The Morgan fingerprint density at radius 3 is 3.03 bits per heavy atom. The average molecular weight is 423 g/mol. The van der Waals surface area contributed by atoms with Gasteiger partial charge in [0.15, 0.2) is 5.79 Å². The second-order valence-electron chi connectivity index (χ2n) is 7.84. The molecule has 3 N–H and O–H groups in total. The molecular formula is C19H26N4O5S. The molecule has 2 aliphatic rings.